The van der Waals surface area contributed by atoms with Crippen LogP contribution in [0.3, 0.4) is 0 Å². The molecule has 26 heavy (non-hydrogen) atoms. The first-order chi connectivity index (χ1) is 12.3. The van der Waals surface area contributed by atoms with Crippen LogP contribution >= 0.6 is 7.14 Å². The second-order valence-corrected chi connectivity index (χ2v) is 11.1. The van der Waals surface area contributed by atoms with Crippen LogP contribution in [0.1, 0.15) is 18.9 Å². The van der Waals surface area contributed by atoms with Gasteiger partial charge in [0.25, 0.3) is 5.97 Å². The lowest BCUT2D eigenvalue weighted by Crippen LogP contribution is -2.34. The van der Waals surface area contributed by atoms with E-state index < -0.39 is 13.1 Å². The summed E-state index contributed by atoms with van der Waals surface area (Å²) in [6.45, 7) is 6.82. The van der Waals surface area contributed by atoms with Crippen molar-refractivity contribution in [2.24, 2.45) is 0 Å². The molecule has 2 aliphatic heterocycles. The van der Waals surface area contributed by atoms with Gasteiger partial charge in [-0.3, -0.25) is 0 Å². The number of fused-ring (bicyclic) bond motifs is 2. The maximum absolute atomic E-state index is 12.1. The monoisotopic (exact) mass is 372 g/mol. The third-order valence-corrected chi connectivity index (χ3v) is 6.63. The van der Waals surface area contributed by atoms with E-state index >= 15 is 0 Å². The molecule has 2 saturated heterocycles. The standard InChI is InChI=1S/C21H25O4P/c1-20-14-23-21(25-20,24-15-20)13-12-16-4-6-17(7-5-16)18-8-10-19(11-9-18)26(2,3)22/h4-11H,12-15H2,1-3H3. The molecular weight excluding hydrogens is 347 g/mol. The summed E-state index contributed by atoms with van der Waals surface area (Å²) in [6.07, 6.45) is 1.53. The van der Waals surface area contributed by atoms with E-state index in [0.717, 1.165) is 22.9 Å². The van der Waals surface area contributed by atoms with E-state index in [0.29, 0.717) is 19.6 Å². The molecule has 0 N–H and O–H groups in total. The lowest BCUT2D eigenvalue weighted by molar-refractivity contribution is -0.301. The second kappa shape index (κ2) is 6.31. The van der Waals surface area contributed by atoms with Crippen LogP contribution < -0.4 is 5.30 Å². The van der Waals surface area contributed by atoms with Crippen LogP contribution in [-0.2, 0) is 25.2 Å². The Kier molecular flexibility index (Phi) is 4.36. The zero-order chi connectivity index (χ0) is 18.4. The third-order valence-electron chi connectivity index (χ3n) is 5.09. The van der Waals surface area contributed by atoms with Crippen LogP contribution in [0.15, 0.2) is 48.5 Å². The van der Waals surface area contributed by atoms with Crippen molar-refractivity contribution < 1.29 is 18.8 Å². The first kappa shape index (κ1) is 17.9. The van der Waals surface area contributed by atoms with Gasteiger partial charge in [-0.1, -0.05) is 48.5 Å². The second-order valence-electron chi connectivity index (χ2n) is 7.91. The quantitative estimate of drug-likeness (QED) is 0.744. The summed E-state index contributed by atoms with van der Waals surface area (Å²) in [5, 5.41) is 0.914. The van der Waals surface area contributed by atoms with Crippen molar-refractivity contribution in [2.45, 2.75) is 31.3 Å². The summed E-state index contributed by atoms with van der Waals surface area (Å²) < 4.78 is 29.5. The van der Waals surface area contributed by atoms with Crippen LogP contribution in [0.25, 0.3) is 11.1 Å². The third kappa shape index (κ3) is 3.52. The predicted molar refractivity (Wildman–Crippen MR) is 103 cm³/mol. The average molecular weight is 372 g/mol. The van der Waals surface area contributed by atoms with Gasteiger partial charge in [0, 0.05) is 11.7 Å². The Labute approximate surface area is 154 Å². The summed E-state index contributed by atoms with van der Waals surface area (Å²) in [5.74, 6) is -0.850. The van der Waals surface area contributed by atoms with Crippen molar-refractivity contribution in [3.63, 3.8) is 0 Å². The van der Waals surface area contributed by atoms with Gasteiger partial charge in [-0.15, -0.1) is 0 Å². The molecule has 0 unspecified atom stereocenters. The summed E-state index contributed by atoms with van der Waals surface area (Å²) in [7, 11) is -2.20. The smallest absolute Gasteiger partial charge is 0.284 e. The molecule has 2 heterocycles. The molecule has 0 saturated carbocycles. The van der Waals surface area contributed by atoms with Gasteiger partial charge in [-0.2, -0.15) is 0 Å². The minimum atomic E-state index is -2.20. The minimum absolute atomic E-state index is 0.281. The Bertz CT molecular complexity index is 827. The predicted octanol–water partition coefficient (Wildman–Crippen LogP) is 4.02. The summed E-state index contributed by atoms with van der Waals surface area (Å²) in [5.41, 5.74) is 3.22. The normalized spacial score (nSPS) is 27.8. The van der Waals surface area contributed by atoms with E-state index in [9.17, 15) is 4.57 Å². The van der Waals surface area contributed by atoms with E-state index in [2.05, 4.69) is 24.3 Å². The van der Waals surface area contributed by atoms with Crippen molar-refractivity contribution >= 4 is 12.4 Å². The lowest BCUT2D eigenvalue weighted by Gasteiger charge is -2.23. The Morgan fingerprint density at radius 2 is 1.46 bits per heavy atom. The maximum Gasteiger partial charge on any atom is 0.284 e. The molecule has 0 atom stereocenters. The average Bonchev–Trinajstić information content (AvgIpc) is 3.14. The van der Waals surface area contributed by atoms with Crippen LogP contribution in [0.2, 0.25) is 0 Å². The number of ether oxygens (including phenoxy) is 3. The van der Waals surface area contributed by atoms with Crippen molar-refractivity contribution in [1.82, 2.24) is 0 Å². The fourth-order valence-corrected chi connectivity index (χ4v) is 4.34. The van der Waals surface area contributed by atoms with Gasteiger partial charge in [-0.25, -0.2) is 0 Å². The van der Waals surface area contributed by atoms with Gasteiger partial charge in [0.2, 0.25) is 0 Å². The van der Waals surface area contributed by atoms with Crippen LogP contribution in [-0.4, -0.2) is 38.1 Å². The Hall–Kier alpha value is -1.45. The minimum Gasteiger partial charge on any atom is -0.324 e. The zero-order valence-corrected chi connectivity index (χ0v) is 16.4. The molecule has 0 spiro atoms. The molecule has 2 aliphatic rings. The van der Waals surface area contributed by atoms with E-state index in [-0.39, 0.29) is 5.60 Å². The molecule has 0 aliphatic carbocycles. The molecular formula is C21H25O4P. The highest BCUT2D eigenvalue weighted by Crippen LogP contribution is 2.42. The highest BCUT2D eigenvalue weighted by molar-refractivity contribution is 7.70. The van der Waals surface area contributed by atoms with Crippen molar-refractivity contribution in [2.75, 3.05) is 26.5 Å². The van der Waals surface area contributed by atoms with E-state index in [1.165, 1.54) is 5.56 Å². The largest absolute Gasteiger partial charge is 0.324 e. The Morgan fingerprint density at radius 3 is 1.92 bits per heavy atom. The van der Waals surface area contributed by atoms with Gasteiger partial charge in [-0.05, 0) is 43.4 Å². The molecule has 138 valence electrons. The molecule has 2 aromatic carbocycles. The number of rotatable bonds is 5. The van der Waals surface area contributed by atoms with E-state index in [1.54, 1.807) is 13.3 Å². The number of hydrogen-bond donors (Lipinski definition) is 0. The molecule has 4 nitrogen and oxygen atoms in total. The summed E-state index contributed by atoms with van der Waals surface area (Å²) in [6, 6.07) is 16.5. The zero-order valence-electron chi connectivity index (χ0n) is 15.5. The van der Waals surface area contributed by atoms with Gasteiger partial charge >= 0.3 is 0 Å². The van der Waals surface area contributed by atoms with Crippen LogP contribution in [0.4, 0.5) is 0 Å². The fraction of sp³-hybridized carbons (Fsp3) is 0.429. The van der Waals surface area contributed by atoms with Gasteiger partial charge in [0.05, 0.1) is 13.2 Å². The molecule has 4 rings (SSSR count). The van der Waals surface area contributed by atoms with Crippen LogP contribution in [0.5, 0.6) is 0 Å². The Balaban J connectivity index is 1.42. The van der Waals surface area contributed by atoms with Crippen molar-refractivity contribution in [3.8, 4) is 11.1 Å². The summed E-state index contributed by atoms with van der Waals surface area (Å²) >= 11 is 0. The molecule has 0 aromatic heterocycles. The van der Waals surface area contributed by atoms with E-state index in [1.807, 2.05) is 31.2 Å². The molecule has 2 bridgehead atoms. The van der Waals surface area contributed by atoms with Gasteiger partial charge < -0.3 is 18.8 Å². The fourth-order valence-electron chi connectivity index (χ4n) is 3.47. The van der Waals surface area contributed by atoms with Crippen molar-refractivity contribution in [1.29, 1.82) is 0 Å². The number of aryl methyl sites for hydroxylation is 1. The first-order valence-corrected chi connectivity index (χ1v) is 11.6. The van der Waals surface area contributed by atoms with Crippen LogP contribution in [0, 0.1) is 0 Å². The lowest BCUT2D eigenvalue weighted by atomic mass is 10.0. The molecule has 5 heteroatoms. The van der Waals surface area contributed by atoms with Gasteiger partial charge in [0.1, 0.15) is 12.7 Å². The molecule has 2 fully saturated rings. The maximum atomic E-state index is 12.1. The summed E-state index contributed by atoms with van der Waals surface area (Å²) in [4.78, 5) is 0. The highest BCUT2D eigenvalue weighted by Gasteiger charge is 2.56. The molecule has 0 amide bonds. The molecule has 0 radical (unpaired) electrons. The van der Waals surface area contributed by atoms with Crippen molar-refractivity contribution in [3.05, 3.63) is 54.1 Å². The number of benzene rings is 2. The Morgan fingerprint density at radius 1 is 0.923 bits per heavy atom. The highest BCUT2D eigenvalue weighted by atomic mass is 31.2. The van der Waals surface area contributed by atoms with E-state index in [4.69, 9.17) is 14.2 Å². The first-order valence-electron chi connectivity index (χ1n) is 9.00. The topological polar surface area (TPSA) is 44.8 Å². The SMILES string of the molecule is CC12COC(CCc3ccc(-c4ccc(P(C)(C)=O)cc4)cc3)(OC1)O2. The molecule has 2 aromatic rings. The number of hydrogen-bond acceptors (Lipinski definition) is 4. The van der Waals surface area contributed by atoms with Gasteiger partial charge in [0.15, 0.2) is 0 Å².